The third-order valence-electron chi connectivity index (χ3n) is 13.1. The van der Waals surface area contributed by atoms with Crippen molar-refractivity contribution in [3.63, 3.8) is 0 Å². The van der Waals surface area contributed by atoms with Crippen molar-refractivity contribution in [3.8, 4) is 34.5 Å². The van der Waals surface area contributed by atoms with E-state index in [1.165, 1.54) is 46.6 Å². The fraction of sp³-hybridized carbons (Fsp3) is 0.464. The van der Waals surface area contributed by atoms with E-state index in [4.69, 9.17) is 63.1 Å². The SMILES string of the molecule is CC(C)(C)OC(=O)NCCO.CC(C)(C)OC(=O)NCCOc1ccccc1CCO.CC(C)(C)OC(=O)NCCOc1ccccc1CO.COC(=O)Cc1ccccc1O.COC(=O)Cc1ccccc1OCCNC(=O)OC(C)(C)C.COC(=O)c1ccccc1O.COC(=O)c1ccccc1OCCNC(=O)OC(C)(C)C. The van der Waals surface area contributed by atoms with Gasteiger partial charge in [0.2, 0.25) is 0 Å². The molecule has 0 unspecified atom stereocenters. The summed E-state index contributed by atoms with van der Waals surface area (Å²) in [4.78, 5) is 101. The first-order valence-corrected chi connectivity index (χ1v) is 36.8. The molecule has 0 aliphatic rings. The number of rotatable bonds is 27. The van der Waals surface area contributed by atoms with Crippen molar-refractivity contribution < 1.29 is 130 Å². The molecule has 0 radical (unpaired) electrons. The van der Waals surface area contributed by atoms with E-state index in [1.54, 1.807) is 162 Å². The van der Waals surface area contributed by atoms with Gasteiger partial charge < -0.3 is 114 Å². The third kappa shape index (κ3) is 53.3. The van der Waals surface area contributed by atoms with Gasteiger partial charge in [0.05, 0.1) is 80.7 Å². The van der Waals surface area contributed by atoms with E-state index >= 15 is 0 Å². The van der Waals surface area contributed by atoms with E-state index in [1.807, 2.05) is 69.3 Å². The molecule has 6 rings (SSSR count). The quantitative estimate of drug-likeness (QED) is 0.0130. The zero-order valence-electron chi connectivity index (χ0n) is 70.2. The summed E-state index contributed by atoms with van der Waals surface area (Å²) in [5.74, 6) is 0.758. The lowest BCUT2D eigenvalue weighted by atomic mass is 10.1. The van der Waals surface area contributed by atoms with Crippen LogP contribution < -0.4 is 45.5 Å². The summed E-state index contributed by atoms with van der Waals surface area (Å²) in [5.41, 5.74) is 0.989. The Morgan fingerprint density at radius 1 is 0.302 bits per heavy atom. The van der Waals surface area contributed by atoms with Crippen LogP contribution in [0.3, 0.4) is 0 Å². The van der Waals surface area contributed by atoms with E-state index in [-0.39, 0.29) is 88.0 Å². The highest BCUT2D eigenvalue weighted by Crippen LogP contribution is 2.23. The number of nitrogens with one attached hydrogen (secondary N) is 5. The topological polar surface area (TPSA) is 435 Å². The third-order valence-corrected chi connectivity index (χ3v) is 13.1. The lowest BCUT2D eigenvalue weighted by Gasteiger charge is -2.19. The number of para-hydroxylation sites is 6. The number of ether oxygens (including phenoxy) is 13. The average molecular weight is 1630 g/mol. The highest BCUT2D eigenvalue weighted by Gasteiger charge is 2.21. The summed E-state index contributed by atoms with van der Waals surface area (Å²) in [6, 6.07) is 41.6. The van der Waals surface area contributed by atoms with E-state index < -0.39 is 70.4 Å². The smallest absolute Gasteiger partial charge is 0.407 e. The molecule has 10 N–H and O–H groups in total. The molecule has 644 valence electrons. The average Bonchev–Trinajstić information content (AvgIpc) is 0.880. The second kappa shape index (κ2) is 56.5. The molecule has 0 saturated carbocycles. The first-order valence-electron chi connectivity index (χ1n) is 36.8. The standard InChI is InChI=1S/C16H23NO5.C15H21NO5.C15H23NO4.C14H21NO4.C9H10O3.C8H8O3.C7H15NO3/c1-16(2,3)22-15(19)17-9-10-21-13-8-6-5-7-12(13)11-14(18)20-4;1-15(2,3)21-14(18)16-9-10-20-12-8-6-5-7-11(12)13(17)19-4;1-15(2,3)20-14(18)16-9-11-19-13-7-5-4-6-12(13)8-10-17;1-14(2,3)19-13(17)15-8-9-18-12-7-5-4-6-11(12)10-16;1-12-9(11)6-7-4-2-3-5-8(7)10;1-11-8(10)6-4-2-3-5-7(6)9;1-7(2,3)11-6(10)8-4-5-9/h5-8H,9-11H2,1-4H3,(H,17,19);5-8H,9-10H2,1-4H3,(H,16,18);4-7,17H,8-11H2,1-3H3,(H,16,18);4-7,16H,8-10H2,1-3H3,(H,15,17);2-5,10H,6H2,1H3;2-5,9H,1H3;9H,4-5H2,1-3H3,(H,8,10). The Bertz CT molecular complexity index is 3870. The number of methoxy groups -OCH3 is 4. The van der Waals surface area contributed by atoms with E-state index in [0.29, 0.717) is 67.6 Å². The van der Waals surface area contributed by atoms with Crippen LogP contribution in [-0.2, 0) is 78.1 Å². The first-order chi connectivity index (χ1) is 54.4. The van der Waals surface area contributed by atoms with Gasteiger partial charge in [0.25, 0.3) is 0 Å². The van der Waals surface area contributed by atoms with Crippen molar-refractivity contribution in [2.24, 2.45) is 0 Å². The number of esters is 4. The Labute approximate surface area is 680 Å². The Hall–Kier alpha value is -11.8. The van der Waals surface area contributed by atoms with Crippen molar-refractivity contribution in [1.82, 2.24) is 26.6 Å². The van der Waals surface area contributed by atoms with Gasteiger partial charge in [0.1, 0.15) is 100 Å². The number of aliphatic hydroxyl groups excluding tert-OH is 3. The molecular formula is C84H121N5O27. The molecule has 0 saturated heterocycles. The van der Waals surface area contributed by atoms with E-state index in [2.05, 4.69) is 45.5 Å². The normalized spacial score (nSPS) is 10.5. The van der Waals surface area contributed by atoms with Gasteiger partial charge in [0, 0.05) is 29.8 Å². The number of aliphatic hydroxyl groups is 3. The minimum Gasteiger partial charge on any atom is -0.508 e. The van der Waals surface area contributed by atoms with Crippen LogP contribution in [0.2, 0.25) is 0 Å². The predicted octanol–water partition coefficient (Wildman–Crippen LogP) is 11.7. The largest absolute Gasteiger partial charge is 0.508 e. The summed E-state index contributed by atoms with van der Waals surface area (Å²) in [7, 11) is 5.25. The molecule has 0 aliphatic heterocycles. The zero-order chi connectivity index (χ0) is 87.9. The molecule has 0 spiro atoms. The first kappa shape index (κ1) is 104. The van der Waals surface area contributed by atoms with Crippen LogP contribution in [0.4, 0.5) is 24.0 Å². The lowest BCUT2D eigenvalue weighted by molar-refractivity contribution is -0.140. The van der Waals surface area contributed by atoms with Crippen LogP contribution in [0.25, 0.3) is 0 Å². The minimum atomic E-state index is -0.539. The Balaban J connectivity index is 0.00000135. The molecule has 5 amide bonds. The van der Waals surface area contributed by atoms with Crippen LogP contribution in [0.1, 0.15) is 147 Å². The fourth-order valence-electron chi connectivity index (χ4n) is 8.27. The number of phenols is 2. The number of carbonyl (C=O) groups excluding carboxylic acids is 9. The summed E-state index contributed by atoms with van der Waals surface area (Å²) in [6.07, 6.45) is -1.60. The van der Waals surface area contributed by atoms with Crippen LogP contribution in [0, 0.1) is 0 Å². The molecule has 0 heterocycles. The summed E-state index contributed by atoms with van der Waals surface area (Å²) in [5, 5.41) is 57.6. The summed E-state index contributed by atoms with van der Waals surface area (Å²) >= 11 is 0. The number of alkyl carbamates (subject to hydrolysis) is 5. The molecule has 32 heteroatoms. The number of amides is 5. The molecule has 0 aliphatic carbocycles. The maximum Gasteiger partial charge on any atom is 0.407 e. The van der Waals surface area contributed by atoms with Gasteiger partial charge in [-0.25, -0.2) is 33.6 Å². The fourth-order valence-corrected chi connectivity index (χ4v) is 8.27. The Morgan fingerprint density at radius 3 is 0.914 bits per heavy atom. The van der Waals surface area contributed by atoms with Crippen LogP contribution in [0.5, 0.6) is 34.5 Å². The van der Waals surface area contributed by atoms with E-state index in [0.717, 1.165) is 22.4 Å². The van der Waals surface area contributed by atoms with Crippen molar-refractivity contribution in [3.05, 3.63) is 179 Å². The van der Waals surface area contributed by atoms with Gasteiger partial charge in [-0.15, -0.1) is 0 Å². The molecule has 32 nitrogen and oxygen atoms in total. The zero-order valence-corrected chi connectivity index (χ0v) is 70.2. The maximum atomic E-state index is 11.5. The maximum absolute atomic E-state index is 11.5. The van der Waals surface area contributed by atoms with Crippen molar-refractivity contribution in [2.75, 3.05) is 101 Å². The molecule has 0 aromatic heterocycles. The number of phenolic OH excluding ortho intramolecular Hbond substituents is 2. The Morgan fingerprint density at radius 2 is 0.578 bits per heavy atom. The van der Waals surface area contributed by atoms with E-state index in [9.17, 15) is 48.3 Å². The second-order valence-corrected chi connectivity index (χ2v) is 28.8. The molecule has 0 fully saturated rings. The van der Waals surface area contributed by atoms with Gasteiger partial charge in [-0.2, -0.15) is 0 Å². The molecule has 6 aromatic carbocycles. The predicted molar refractivity (Wildman–Crippen MR) is 433 cm³/mol. The number of aromatic hydroxyl groups is 2. The van der Waals surface area contributed by atoms with Gasteiger partial charge in [0.15, 0.2) is 0 Å². The lowest BCUT2D eigenvalue weighted by Crippen LogP contribution is -2.34. The number of hydrogen-bond donors (Lipinski definition) is 10. The minimum absolute atomic E-state index is 0.0562. The highest BCUT2D eigenvalue weighted by atomic mass is 16.6. The molecule has 116 heavy (non-hydrogen) atoms. The van der Waals surface area contributed by atoms with Crippen LogP contribution >= 0.6 is 0 Å². The molecule has 0 bridgehead atoms. The van der Waals surface area contributed by atoms with Crippen molar-refractivity contribution in [2.45, 2.75) is 158 Å². The van der Waals surface area contributed by atoms with Crippen molar-refractivity contribution in [1.29, 1.82) is 0 Å². The molecule has 0 atom stereocenters. The summed E-state index contributed by atoms with van der Waals surface area (Å²) < 4.78 is 65.6. The monoisotopic (exact) mass is 1630 g/mol. The van der Waals surface area contributed by atoms with Crippen LogP contribution in [0.15, 0.2) is 146 Å². The number of carbonyl (C=O) groups is 9. The highest BCUT2D eigenvalue weighted by molar-refractivity contribution is 5.93. The molecule has 6 aromatic rings. The Kier molecular flexibility index (Phi) is 50.7. The molecular weight excluding hydrogens is 1510 g/mol. The number of hydrogen-bond acceptors (Lipinski definition) is 27. The number of benzene rings is 6. The van der Waals surface area contributed by atoms with Gasteiger partial charge in [-0.05, 0) is 164 Å². The second-order valence-electron chi connectivity index (χ2n) is 28.8. The van der Waals surface area contributed by atoms with Crippen LogP contribution in [-0.4, -0.2) is 209 Å². The summed E-state index contributed by atoms with van der Waals surface area (Å²) in [6.45, 7) is 29.6. The van der Waals surface area contributed by atoms with Gasteiger partial charge >= 0.3 is 54.3 Å². The van der Waals surface area contributed by atoms with Crippen molar-refractivity contribution >= 4 is 54.3 Å². The van der Waals surface area contributed by atoms with Gasteiger partial charge in [-0.1, -0.05) is 97.1 Å². The van der Waals surface area contributed by atoms with Gasteiger partial charge in [-0.3, -0.25) is 9.59 Å².